The summed E-state index contributed by atoms with van der Waals surface area (Å²) in [5.74, 6) is 0.618. The van der Waals surface area contributed by atoms with Crippen molar-refractivity contribution in [2.75, 3.05) is 4.90 Å². The van der Waals surface area contributed by atoms with Crippen LogP contribution in [0.5, 0.6) is 0 Å². The molecular formula is C50H54IrN3OSi. The molecule has 0 fully saturated rings. The van der Waals surface area contributed by atoms with Gasteiger partial charge in [-0.3, -0.25) is 0 Å². The molecule has 7 aromatic rings. The Morgan fingerprint density at radius 1 is 0.821 bits per heavy atom. The number of benzene rings is 5. The summed E-state index contributed by atoms with van der Waals surface area (Å²) in [5.41, 5.74) is 11.1. The van der Waals surface area contributed by atoms with Crippen molar-refractivity contribution in [3.05, 3.63) is 155 Å². The average Bonchev–Trinajstić information content (AvgIpc) is 3.78. The molecule has 0 N–H and O–H groups in total. The minimum atomic E-state index is -2.16. The number of rotatable bonds is 8. The number of pyridine rings is 1. The first-order valence-electron chi connectivity index (χ1n) is 21.9. The smallest absolute Gasteiger partial charge is 0.661 e. The molecule has 56 heavy (non-hydrogen) atoms. The van der Waals surface area contributed by atoms with Crippen LogP contribution in [0.25, 0.3) is 38.5 Å². The Bertz CT molecular complexity index is 2620. The summed E-state index contributed by atoms with van der Waals surface area (Å²) >= 11 is 0. The number of fused-ring (bicyclic) bond motifs is 4. The van der Waals surface area contributed by atoms with E-state index in [1.165, 1.54) is 22.9 Å². The van der Waals surface area contributed by atoms with Crippen molar-refractivity contribution in [1.82, 2.24) is 4.98 Å². The van der Waals surface area contributed by atoms with Crippen molar-refractivity contribution < 1.29 is 31.4 Å². The van der Waals surface area contributed by atoms with E-state index < -0.39 is 21.3 Å². The molecule has 2 aromatic heterocycles. The number of hydrogen-bond donors (Lipinski definition) is 0. The predicted octanol–water partition coefficient (Wildman–Crippen LogP) is 14.1. The molecule has 3 heterocycles. The zero-order valence-electron chi connectivity index (χ0n) is 38.8. The van der Waals surface area contributed by atoms with Crippen molar-refractivity contribution >= 4 is 52.3 Å². The number of aromatic nitrogens is 1. The molecule has 0 bridgehead atoms. The Morgan fingerprint density at radius 3 is 2.20 bits per heavy atom. The van der Waals surface area contributed by atoms with Crippen LogP contribution in [0.3, 0.4) is 0 Å². The van der Waals surface area contributed by atoms with Crippen molar-refractivity contribution in [1.29, 1.82) is 0 Å². The SMILES string of the molecule is CC(C)c1cccc(C(C)C)c1N1c2ccccc2[N-]C1c1[c-]cc2oc3ccccc3c2c1.[2H]C([2H])([2H])c1c[c-]c(-c2cc(C([2H])([2H])C(C)C)c([Si](C)(C)C)cn2)cc1.[Ir+3]. The first-order valence-corrected chi connectivity index (χ1v) is 22.9. The summed E-state index contributed by atoms with van der Waals surface area (Å²) in [4.78, 5) is 6.97. The van der Waals surface area contributed by atoms with Gasteiger partial charge in [-0.05, 0) is 64.4 Å². The molecule has 0 saturated carbocycles. The standard InChI is InChI=1S/C31H28N2O.C19H26NSi.Ir/c1-19(2)22-11-9-12-23(20(3)4)30(22)33-27-14-7-6-13-26(27)32-31(33)21-16-17-29-25(18-21)24-10-5-8-15-28(24)34-29;1-14(2)11-17-12-18(16-9-7-15(3)8-10-16)20-13-19(17)21(4,5)6;/h5-15,17-20,31H,1-4H3;7-9,12-14H,11H2,1-6H3;/q-2;-1;+3/i;3D3,11D2;. The number of para-hydroxylation sites is 4. The van der Waals surface area contributed by atoms with Crippen LogP contribution in [0, 0.1) is 24.9 Å². The monoisotopic (exact) mass is 938 g/mol. The maximum atomic E-state index is 8.59. The first kappa shape index (κ1) is 34.7. The molecule has 8 rings (SSSR count). The minimum Gasteiger partial charge on any atom is -0.661 e. The molecule has 1 aliphatic heterocycles. The molecule has 0 aliphatic carbocycles. The van der Waals surface area contributed by atoms with Gasteiger partial charge in [-0.1, -0.05) is 140 Å². The van der Waals surface area contributed by atoms with E-state index in [1.54, 1.807) is 18.3 Å². The topological polar surface area (TPSA) is 43.4 Å². The van der Waals surface area contributed by atoms with Crippen LogP contribution < -0.4 is 10.1 Å². The fraction of sp³-hybridized carbons (Fsp3) is 0.300. The third kappa shape index (κ3) is 8.44. The molecule has 0 spiro atoms. The summed E-state index contributed by atoms with van der Waals surface area (Å²) in [7, 11) is -1.78. The molecule has 0 saturated heterocycles. The fourth-order valence-electron chi connectivity index (χ4n) is 7.39. The van der Waals surface area contributed by atoms with Gasteiger partial charge in [0.25, 0.3) is 0 Å². The summed E-state index contributed by atoms with van der Waals surface area (Å²) in [6.45, 7) is 17.2. The molecule has 0 radical (unpaired) electrons. The third-order valence-electron chi connectivity index (χ3n) is 10.1. The molecule has 6 heteroatoms. The Morgan fingerprint density at radius 2 is 1.54 bits per heavy atom. The summed E-state index contributed by atoms with van der Waals surface area (Å²) in [5, 5.41) is 8.46. The molecule has 288 valence electrons. The number of aryl methyl sites for hydroxylation is 1. The molecular weight excluding hydrogens is 879 g/mol. The number of hydrogen-bond acceptors (Lipinski definition) is 3. The molecule has 1 unspecified atom stereocenters. The summed E-state index contributed by atoms with van der Waals surface area (Å²) in [6.07, 6.45) is 0.141. The quantitative estimate of drug-likeness (QED) is 0.113. The Balaban J connectivity index is 0.000000209. The summed E-state index contributed by atoms with van der Waals surface area (Å²) in [6, 6.07) is 40.6. The van der Waals surface area contributed by atoms with E-state index in [4.69, 9.17) is 16.6 Å². The van der Waals surface area contributed by atoms with Crippen LogP contribution >= 0.6 is 0 Å². The van der Waals surface area contributed by atoms with E-state index in [2.05, 4.69) is 130 Å². The first-order chi connectivity index (χ1) is 28.3. The van der Waals surface area contributed by atoms with Gasteiger partial charge in [-0.25, -0.2) is 0 Å². The van der Waals surface area contributed by atoms with Crippen molar-refractivity contribution in [2.24, 2.45) is 5.92 Å². The van der Waals surface area contributed by atoms with Crippen LogP contribution in [0.15, 0.2) is 114 Å². The van der Waals surface area contributed by atoms with E-state index in [-0.39, 0.29) is 37.8 Å². The molecule has 5 aromatic carbocycles. The van der Waals surface area contributed by atoms with Gasteiger partial charge in [0.1, 0.15) is 5.58 Å². The second-order valence-electron chi connectivity index (χ2n) is 16.4. The Kier molecular flexibility index (Phi) is 10.5. The molecule has 1 aliphatic rings. The van der Waals surface area contributed by atoms with Crippen molar-refractivity contribution in [3.8, 4) is 11.3 Å². The van der Waals surface area contributed by atoms with Gasteiger partial charge in [0.2, 0.25) is 0 Å². The molecule has 1 atom stereocenters. The van der Waals surface area contributed by atoms with Crippen LogP contribution in [0.1, 0.15) is 94.2 Å². The van der Waals surface area contributed by atoms with Crippen LogP contribution in [-0.2, 0) is 26.5 Å². The zero-order chi connectivity index (χ0) is 43.3. The van der Waals surface area contributed by atoms with Gasteiger partial charge >= 0.3 is 20.1 Å². The van der Waals surface area contributed by atoms with Gasteiger partial charge in [-0.2, -0.15) is 17.7 Å². The van der Waals surface area contributed by atoms with Crippen LogP contribution in [-0.4, -0.2) is 13.1 Å². The third-order valence-corrected chi connectivity index (χ3v) is 12.1. The Hall–Kier alpha value is -4.48. The maximum absolute atomic E-state index is 8.59. The van der Waals surface area contributed by atoms with Gasteiger partial charge in [0.15, 0.2) is 0 Å². The normalized spacial score (nSPS) is 15.7. The maximum Gasteiger partial charge on any atom is 3.00 e. The minimum absolute atomic E-state index is 0. The van der Waals surface area contributed by atoms with E-state index in [0.717, 1.165) is 44.1 Å². The van der Waals surface area contributed by atoms with E-state index in [0.29, 0.717) is 28.7 Å². The largest absolute Gasteiger partial charge is 3.00 e. The second kappa shape index (κ2) is 16.9. The summed E-state index contributed by atoms with van der Waals surface area (Å²) < 4.78 is 45.6. The van der Waals surface area contributed by atoms with E-state index in [9.17, 15) is 0 Å². The van der Waals surface area contributed by atoms with Gasteiger partial charge < -0.3 is 19.6 Å². The van der Waals surface area contributed by atoms with Crippen molar-refractivity contribution in [2.45, 2.75) is 92.4 Å². The zero-order valence-corrected chi connectivity index (χ0v) is 37.2. The van der Waals surface area contributed by atoms with Gasteiger partial charge in [0.05, 0.1) is 8.07 Å². The molecule has 0 amide bonds. The van der Waals surface area contributed by atoms with Crippen molar-refractivity contribution in [3.63, 3.8) is 0 Å². The number of nitrogens with zero attached hydrogens (tertiary/aromatic N) is 3. The van der Waals surface area contributed by atoms with Crippen LogP contribution in [0.4, 0.5) is 17.1 Å². The van der Waals surface area contributed by atoms with Gasteiger partial charge in [-0.15, -0.1) is 47.1 Å². The molecule has 4 nitrogen and oxygen atoms in total. The number of furan rings is 1. The average molecular weight is 938 g/mol. The van der Waals surface area contributed by atoms with E-state index >= 15 is 0 Å². The van der Waals surface area contributed by atoms with Crippen LogP contribution in [0.2, 0.25) is 19.6 Å². The van der Waals surface area contributed by atoms with E-state index in [1.807, 2.05) is 38.1 Å². The fourth-order valence-corrected chi connectivity index (χ4v) is 8.79. The number of anilines is 2. The second-order valence-corrected chi connectivity index (χ2v) is 21.4. The van der Waals surface area contributed by atoms with Gasteiger partial charge in [0, 0.05) is 35.4 Å². The predicted molar refractivity (Wildman–Crippen MR) is 236 cm³/mol. The Labute approximate surface area is 356 Å².